The van der Waals surface area contributed by atoms with E-state index < -0.39 is 41.8 Å². The summed E-state index contributed by atoms with van der Waals surface area (Å²) in [7, 11) is 0. The summed E-state index contributed by atoms with van der Waals surface area (Å²) in [6.07, 6.45) is 0.222. The second kappa shape index (κ2) is 13.1. The van der Waals surface area contributed by atoms with Crippen LogP contribution in [-0.4, -0.2) is 72.1 Å². The normalized spacial score (nSPS) is 21.3. The lowest BCUT2D eigenvalue weighted by Crippen LogP contribution is -2.62. The van der Waals surface area contributed by atoms with Crippen LogP contribution in [0.25, 0.3) is 0 Å². The van der Waals surface area contributed by atoms with Crippen LogP contribution >= 0.6 is 0 Å². The molecule has 1 aliphatic heterocycles. The van der Waals surface area contributed by atoms with Crippen LogP contribution in [0.1, 0.15) is 79.3 Å². The number of unbranched alkanes of at least 4 members (excludes halogenated alkanes) is 2. The van der Waals surface area contributed by atoms with E-state index >= 15 is 8.78 Å². The van der Waals surface area contributed by atoms with Gasteiger partial charge in [-0.3, -0.25) is 4.90 Å². The second-order valence-corrected chi connectivity index (χ2v) is 10.5. The van der Waals surface area contributed by atoms with E-state index in [4.69, 9.17) is 14.2 Å². The number of hydrogen-bond acceptors (Lipinski definition) is 5. The molecule has 0 radical (unpaired) electrons. The Balaban J connectivity index is 2.38. The molecule has 2 unspecified atom stereocenters. The van der Waals surface area contributed by atoms with Crippen molar-refractivity contribution in [3.8, 4) is 0 Å². The number of alkyl halides is 2. The zero-order valence-electron chi connectivity index (χ0n) is 22.7. The fraction of sp³-hybridized carbons (Fsp3) is 0.741. The maximum atomic E-state index is 16.3. The van der Waals surface area contributed by atoms with E-state index in [0.29, 0.717) is 6.42 Å². The van der Waals surface area contributed by atoms with Crippen LogP contribution in [0, 0.1) is 5.82 Å². The molecule has 206 valence electrons. The van der Waals surface area contributed by atoms with Crippen LogP contribution in [0.3, 0.4) is 0 Å². The lowest BCUT2D eigenvalue weighted by Gasteiger charge is -2.49. The number of ether oxygens (including phenoxy) is 3. The number of nitrogens with zero attached hydrogens (tertiary/aromatic N) is 2. The van der Waals surface area contributed by atoms with Gasteiger partial charge in [-0.15, -0.1) is 0 Å². The summed E-state index contributed by atoms with van der Waals surface area (Å²) in [5.74, 6) is -3.96. The fourth-order valence-corrected chi connectivity index (χ4v) is 4.46. The first-order chi connectivity index (χ1) is 16.8. The van der Waals surface area contributed by atoms with Gasteiger partial charge >= 0.3 is 12.0 Å². The SMILES string of the molecule is CCCCCOC(OCC)C(F)(F)C(c1ccc(F)cc1)N1C[C@H](C)N(C(=O)OC(C)(C)C)C[C@H]1C. The van der Waals surface area contributed by atoms with Crippen molar-refractivity contribution in [2.45, 2.75) is 104 Å². The third kappa shape index (κ3) is 8.08. The van der Waals surface area contributed by atoms with Crippen molar-refractivity contribution in [1.29, 1.82) is 0 Å². The van der Waals surface area contributed by atoms with Crippen LogP contribution in [-0.2, 0) is 14.2 Å². The number of amides is 1. The number of piperazine rings is 1. The van der Waals surface area contributed by atoms with Gasteiger partial charge in [0.1, 0.15) is 17.5 Å². The quantitative estimate of drug-likeness (QED) is 0.252. The number of halogens is 3. The molecular formula is C27H43F3N2O4. The molecular weight excluding hydrogens is 473 g/mol. The van der Waals surface area contributed by atoms with Crippen LogP contribution in [0.15, 0.2) is 24.3 Å². The van der Waals surface area contributed by atoms with Crippen molar-refractivity contribution in [3.63, 3.8) is 0 Å². The minimum absolute atomic E-state index is 0.0581. The largest absolute Gasteiger partial charge is 0.444 e. The Kier molecular flexibility index (Phi) is 11.1. The Bertz CT molecular complexity index is 816. The summed E-state index contributed by atoms with van der Waals surface area (Å²) in [6, 6.07) is 2.86. The van der Waals surface area contributed by atoms with Gasteiger partial charge in [-0.2, -0.15) is 8.78 Å². The molecule has 0 aromatic heterocycles. The molecule has 9 heteroatoms. The van der Waals surface area contributed by atoms with Gasteiger partial charge in [0, 0.05) is 38.4 Å². The number of benzene rings is 1. The topological polar surface area (TPSA) is 51.2 Å². The minimum atomic E-state index is -3.46. The van der Waals surface area contributed by atoms with Crippen molar-refractivity contribution in [3.05, 3.63) is 35.6 Å². The predicted octanol–water partition coefficient (Wildman–Crippen LogP) is 6.40. The Labute approximate surface area is 214 Å². The van der Waals surface area contributed by atoms with Gasteiger partial charge in [-0.1, -0.05) is 31.9 Å². The van der Waals surface area contributed by atoms with Gasteiger partial charge in [0.05, 0.1) is 0 Å². The standard InChI is InChI=1S/C27H43F3N2O4/c1-8-10-11-16-35-24(34-9-2)27(29,30)23(21-12-14-22(28)15-13-21)31-17-20(4)32(18-19(31)3)25(33)36-26(5,6)7/h12-15,19-20,23-24H,8-11,16-18H2,1-7H3/t19-,20+,23?,24?/m1/s1. The first-order valence-electron chi connectivity index (χ1n) is 12.9. The molecule has 6 nitrogen and oxygen atoms in total. The number of rotatable bonds is 11. The molecule has 0 aliphatic carbocycles. The summed E-state index contributed by atoms with van der Waals surface area (Å²) in [5, 5.41) is 0. The van der Waals surface area contributed by atoms with Gasteiger partial charge in [-0.25, -0.2) is 9.18 Å². The maximum Gasteiger partial charge on any atom is 0.410 e. The highest BCUT2D eigenvalue weighted by molar-refractivity contribution is 5.68. The van der Waals surface area contributed by atoms with E-state index in [2.05, 4.69) is 0 Å². The van der Waals surface area contributed by atoms with Gasteiger partial charge in [-0.05, 0) is 65.7 Å². The monoisotopic (exact) mass is 516 g/mol. The molecule has 0 N–H and O–H groups in total. The lowest BCUT2D eigenvalue weighted by molar-refractivity contribution is -0.281. The molecule has 0 saturated carbocycles. The highest BCUT2D eigenvalue weighted by Crippen LogP contribution is 2.43. The van der Waals surface area contributed by atoms with E-state index in [9.17, 15) is 9.18 Å². The molecule has 0 bridgehead atoms. The molecule has 2 rings (SSSR count). The molecule has 1 fully saturated rings. The minimum Gasteiger partial charge on any atom is -0.444 e. The Morgan fingerprint density at radius 1 is 1.03 bits per heavy atom. The Hall–Kier alpha value is -1.84. The highest BCUT2D eigenvalue weighted by Gasteiger charge is 2.54. The molecule has 1 amide bonds. The van der Waals surface area contributed by atoms with Crippen LogP contribution in [0.4, 0.5) is 18.0 Å². The van der Waals surface area contributed by atoms with Crippen LogP contribution in [0.5, 0.6) is 0 Å². The second-order valence-electron chi connectivity index (χ2n) is 10.5. The van der Waals surface area contributed by atoms with E-state index in [1.165, 1.54) is 24.3 Å². The summed E-state index contributed by atoms with van der Waals surface area (Å²) in [6.45, 7) is 13.2. The van der Waals surface area contributed by atoms with Crippen molar-refractivity contribution in [2.24, 2.45) is 0 Å². The fourth-order valence-electron chi connectivity index (χ4n) is 4.46. The molecule has 1 saturated heterocycles. The summed E-state index contributed by atoms with van der Waals surface area (Å²) in [5.41, 5.74) is -0.409. The lowest BCUT2D eigenvalue weighted by atomic mass is 9.94. The Morgan fingerprint density at radius 3 is 2.22 bits per heavy atom. The van der Waals surface area contributed by atoms with Crippen LogP contribution < -0.4 is 0 Å². The average Bonchev–Trinajstić information content (AvgIpc) is 2.78. The molecule has 1 aromatic rings. The van der Waals surface area contributed by atoms with Crippen molar-refractivity contribution in [2.75, 3.05) is 26.3 Å². The van der Waals surface area contributed by atoms with Gasteiger partial charge in [0.2, 0.25) is 6.29 Å². The maximum absolute atomic E-state index is 16.3. The molecule has 1 aliphatic rings. The first kappa shape index (κ1) is 30.4. The van der Waals surface area contributed by atoms with Crippen LogP contribution in [0.2, 0.25) is 0 Å². The van der Waals surface area contributed by atoms with Gasteiger partial charge < -0.3 is 19.1 Å². The smallest absolute Gasteiger partial charge is 0.410 e. The molecule has 4 atom stereocenters. The molecule has 36 heavy (non-hydrogen) atoms. The molecule has 0 spiro atoms. The summed E-state index contributed by atoms with van der Waals surface area (Å²) >= 11 is 0. The summed E-state index contributed by atoms with van der Waals surface area (Å²) in [4.78, 5) is 16.0. The average molecular weight is 517 g/mol. The first-order valence-corrected chi connectivity index (χ1v) is 12.9. The number of hydrogen-bond donors (Lipinski definition) is 0. The molecule has 1 heterocycles. The third-order valence-corrected chi connectivity index (χ3v) is 6.19. The Morgan fingerprint density at radius 2 is 1.67 bits per heavy atom. The van der Waals surface area contributed by atoms with E-state index in [1.54, 1.807) is 44.4 Å². The zero-order chi connectivity index (χ0) is 27.1. The number of carbonyl (C=O) groups excluding carboxylic acids is 1. The third-order valence-electron chi connectivity index (χ3n) is 6.19. The molecule has 1 aromatic carbocycles. The van der Waals surface area contributed by atoms with Gasteiger partial charge in [0.15, 0.2) is 0 Å². The van der Waals surface area contributed by atoms with Gasteiger partial charge in [0.25, 0.3) is 0 Å². The highest BCUT2D eigenvalue weighted by atomic mass is 19.3. The predicted molar refractivity (Wildman–Crippen MR) is 134 cm³/mol. The van der Waals surface area contributed by atoms with E-state index in [1.807, 2.05) is 13.8 Å². The summed E-state index contributed by atoms with van der Waals surface area (Å²) < 4.78 is 62.9. The zero-order valence-corrected chi connectivity index (χ0v) is 22.7. The van der Waals surface area contributed by atoms with E-state index in [0.717, 1.165) is 12.8 Å². The van der Waals surface area contributed by atoms with Crippen molar-refractivity contribution < 1.29 is 32.2 Å². The van der Waals surface area contributed by atoms with Crippen molar-refractivity contribution >= 4 is 6.09 Å². The van der Waals surface area contributed by atoms with E-state index in [-0.39, 0.29) is 37.9 Å². The number of carbonyl (C=O) groups is 1. The van der Waals surface area contributed by atoms with Crippen molar-refractivity contribution in [1.82, 2.24) is 9.80 Å².